The average Bonchev–Trinajstić information content (AvgIpc) is 3.30. The molecule has 0 aliphatic carbocycles. The van der Waals surface area contributed by atoms with Crippen LogP contribution in [-0.2, 0) is 4.74 Å². The Kier molecular flexibility index (Phi) is 8.88. The summed E-state index contributed by atoms with van der Waals surface area (Å²) >= 11 is 0. The molecule has 7 heteroatoms. The second-order valence-electron chi connectivity index (χ2n) is 7.85. The van der Waals surface area contributed by atoms with Crippen LogP contribution in [0.4, 0.5) is 5.69 Å². The first-order valence-corrected chi connectivity index (χ1v) is 11.0. The lowest BCUT2D eigenvalue weighted by Gasteiger charge is -2.11. The number of ether oxygens (including phenoxy) is 1. The van der Waals surface area contributed by atoms with Crippen LogP contribution in [0.15, 0.2) is 53.3 Å². The molecule has 31 heavy (non-hydrogen) atoms. The van der Waals surface area contributed by atoms with Crippen molar-refractivity contribution in [3.8, 4) is 11.3 Å². The van der Waals surface area contributed by atoms with Crippen molar-refractivity contribution in [3.05, 3.63) is 58.9 Å². The van der Waals surface area contributed by atoms with Crippen molar-refractivity contribution in [2.75, 3.05) is 31.6 Å². The minimum Gasteiger partial charge on any atom is -0.385 e. The van der Waals surface area contributed by atoms with Crippen LogP contribution in [0.25, 0.3) is 22.0 Å². The average molecular weight is 443 g/mol. The number of nitrogens with zero attached hydrogens (tertiary/aromatic N) is 1. The molecule has 2 aromatic carbocycles. The van der Waals surface area contributed by atoms with Gasteiger partial charge in [-0.05, 0) is 50.4 Å². The Morgan fingerprint density at radius 3 is 2.71 bits per heavy atom. The number of H-pyrrole nitrogens is 1. The second kappa shape index (κ2) is 11.8. The third kappa shape index (κ3) is 6.29. The van der Waals surface area contributed by atoms with Crippen molar-refractivity contribution in [2.24, 2.45) is 0 Å². The van der Waals surface area contributed by atoms with E-state index < -0.39 is 0 Å². The lowest BCUT2D eigenvalue weighted by Crippen LogP contribution is -2.27. The van der Waals surface area contributed by atoms with Crippen LogP contribution >= 0.6 is 12.4 Å². The van der Waals surface area contributed by atoms with Gasteiger partial charge < -0.3 is 15.4 Å². The maximum atomic E-state index is 12.0. The molecule has 1 unspecified atom stereocenters. The fraction of sp³-hybridized carbons (Fsp3) is 0.417. The summed E-state index contributed by atoms with van der Waals surface area (Å²) in [5.74, 6) is 0. The molecule has 1 aromatic heterocycles. The maximum Gasteiger partial charge on any atom is 0.272 e. The Morgan fingerprint density at radius 2 is 1.87 bits per heavy atom. The van der Waals surface area contributed by atoms with Gasteiger partial charge in [0.1, 0.15) is 0 Å². The molecule has 3 N–H and O–H groups in total. The third-order valence-corrected chi connectivity index (χ3v) is 5.59. The van der Waals surface area contributed by atoms with Crippen LogP contribution in [0.2, 0.25) is 0 Å². The number of anilines is 1. The largest absolute Gasteiger partial charge is 0.385 e. The van der Waals surface area contributed by atoms with Gasteiger partial charge in [-0.1, -0.05) is 36.8 Å². The lowest BCUT2D eigenvalue weighted by molar-refractivity contribution is 0.110. The molecule has 0 radical (unpaired) electrons. The summed E-state index contributed by atoms with van der Waals surface area (Å²) < 4.78 is 5.62. The number of nitrogens with one attached hydrogen (secondary N) is 3. The van der Waals surface area contributed by atoms with Crippen molar-refractivity contribution in [1.29, 1.82) is 0 Å². The maximum absolute atomic E-state index is 12.0. The molecule has 0 spiro atoms. The van der Waals surface area contributed by atoms with Crippen molar-refractivity contribution in [1.82, 2.24) is 15.5 Å². The number of hydrogen-bond donors (Lipinski definition) is 3. The van der Waals surface area contributed by atoms with E-state index in [2.05, 4.69) is 33.0 Å². The monoisotopic (exact) mass is 442 g/mol. The van der Waals surface area contributed by atoms with Gasteiger partial charge in [-0.25, -0.2) is 5.10 Å². The van der Waals surface area contributed by atoms with Crippen molar-refractivity contribution in [3.63, 3.8) is 0 Å². The summed E-state index contributed by atoms with van der Waals surface area (Å²) in [4.78, 5) is 12.0. The second-order valence-corrected chi connectivity index (χ2v) is 7.85. The zero-order valence-corrected chi connectivity index (χ0v) is 18.5. The van der Waals surface area contributed by atoms with Gasteiger partial charge in [0.2, 0.25) is 0 Å². The van der Waals surface area contributed by atoms with E-state index >= 15 is 0 Å². The molecule has 1 aliphatic heterocycles. The molecule has 1 fully saturated rings. The highest BCUT2D eigenvalue weighted by molar-refractivity contribution is 5.94. The van der Waals surface area contributed by atoms with Crippen LogP contribution in [0.5, 0.6) is 0 Å². The normalized spacial score (nSPS) is 15.7. The molecule has 1 aliphatic rings. The molecule has 2 heterocycles. The fourth-order valence-corrected chi connectivity index (χ4v) is 3.96. The minimum absolute atomic E-state index is 0. The molecule has 0 amide bonds. The van der Waals surface area contributed by atoms with E-state index in [4.69, 9.17) is 4.74 Å². The summed E-state index contributed by atoms with van der Waals surface area (Å²) in [5.41, 5.74) is 2.70. The summed E-state index contributed by atoms with van der Waals surface area (Å²) in [6.45, 7) is 3.90. The van der Waals surface area contributed by atoms with Gasteiger partial charge in [-0.2, -0.15) is 5.10 Å². The summed E-state index contributed by atoms with van der Waals surface area (Å²) in [6, 6.07) is 15.8. The highest BCUT2D eigenvalue weighted by atomic mass is 35.5. The molecule has 3 aromatic rings. The van der Waals surface area contributed by atoms with E-state index in [1.165, 1.54) is 25.7 Å². The minimum atomic E-state index is -0.158. The number of aromatic nitrogens is 2. The highest BCUT2D eigenvalue weighted by Gasteiger charge is 2.14. The van der Waals surface area contributed by atoms with Gasteiger partial charge in [0.15, 0.2) is 0 Å². The molecular weight excluding hydrogens is 412 g/mol. The van der Waals surface area contributed by atoms with Crippen molar-refractivity contribution < 1.29 is 4.74 Å². The molecule has 0 bridgehead atoms. The third-order valence-electron chi connectivity index (χ3n) is 5.59. The number of rotatable bonds is 10. The Morgan fingerprint density at radius 1 is 1.03 bits per heavy atom. The number of hydrogen-bond acceptors (Lipinski definition) is 5. The molecule has 0 saturated carbocycles. The number of unbranched alkanes of at least 4 members (excludes halogenated alkanes) is 2. The SMILES string of the molecule is Cl.O=c1[nH]nc(-c2cccc(NCCCCCNCC3CCCO3)c2)c2ccccc12. The predicted octanol–water partition coefficient (Wildman–Crippen LogP) is 4.36. The van der Waals surface area contributed by atoms with Crippen LogP contribution in [0, 0.1) is 0 Å². The van der Waals surface area contributed by atoms with E-state index in [0.717, 1.165) is 55.0 Å². The summed E-state index contributed by atoms with van der Waals surface area (Å²) in [6.07, 6.45) is 6.33. The van der Waals surface area contributed by atoms with Gasteiger partial charge in [0, 0.05) is 36.3 Å². The van der Waals surface area contributed by atoms with E-state index in [9.17, 15) is 4.79 Å². The summed E-state index contributed by atoms with van der Waals surface area (Å²) in [7, 11) is 0. The van der Waals surface area contributed by atoms with Gasteiger partial charge in [0.25, 0.3) is 5.56 Å². The van der Waals surface area contributed by atoms with Crippen LogP contribution < -0.4 is 16.2 Å². The molecule has 1 atom stereocenters. The van der Waals surface area contributed by atoms with Crippen LogP contribution in [0.3, 0.4) is 0 Å². The first-order valence-electron chi connectivity index (χ1n) is 11.0. The van der Waals surface area contributed by atoms with E-state index in [-0.39, 0.29) is 18.0 Å². The Labute approximate surface area is 189 Å². The summed E-state index contributed by atoms with van der Waals surface area (Å²) in [5, 5.41) is 15.5. The Hall–Kier alpha value is -2.41. The van der Waals surface area contributed by atoms with Crippen molar-refractivity contribution in [2.45, 2.75) is 38.2 Å². The molecular formula is C24H31ClN4O2. The quantitative estimate of drug-likeness (QED) is 0.406. The van der Waals surface area contributed by atoms with Gasteiger partial charge >= 0.3 is 0 Å². The lowest BCUT2D eigenvalue weighted by atomic mass is 10.0. The fourth-order valence-electron chi connectivity index (χ4n) is 3.96. The Bertz CT molecular complexity index is 1020. The van der Waals surface area contributed by atoms with Crippen LogP contribution in [-0.4, -0.2) is 42.5 Å². The zero-order valence-electron chi connectivity index (χ0n) is 17.7. The number of halogens is 1. The van der Waals surface area contributed by atoms with Gasteiger partial charge in [-0.15, -0.1) is 12.4 Å². The highest BCUT2D eigenvalue weighted by Crippen LogP contribution is 2.26. The molecule has 1 saturated heterocycles. The first kappa shape index (κ1) is 23.3. The van der Waals surface area contributed by atoms with E-state index in [0.29, 0.717) is 11.5 Å². The van der Waals surface area contributed by atoms with Gasteiger partial charge in [-0.3, -0.25) is 4.79 Å². The number of fused-ring (bicyclic) bond motifs is 1. The van der Waals surface area contributed by atoms with Crippen LogP contribution in [0.1, 0.15) is 32.1 Å². The van der Waals surface area contributed by atoms with E-state index in [1.807, 2.05) is 36.4 Å². The standard InChI is InChI=1S/C24H30N4O2.ClH/c29-24-22-12-3-2-11-21(22)23(27-28-24)18-8-6-9-19(16-18)26-14-5-1-4-13-25-17-20-10-7-15-30-20;/h2-3,6,8-9,11-12,16,20,25-26H,1,4-5,7,10,13-15,17H2,(H,28,29);1H. The zero-order chi connectivity index (χ0) is 20.6. The number of aromatic amines is 1. The smallest absolute Gasteiger partial charge is 0.272 e. The topological polar surface area (TPSA) is 79.0 Å². The Balaban J connectivity index is 0.00000272. The molecule has 4 rings (SSSR count). The number of benzene rings is 2. The van der Waals surface area contributed by atoms with Gasteiger partial charge in [0.05, 0.1) is 17.2 Å². The van der Waals surface area contributed by atoms with E-state index in [1.54, 1.807) is 0 Å². The van der Waals surface area contributed by atoms with Crippen molar-refractivity contribution >= 4 is 28.9 Å². The predicted molar refractivity (Wildman–Crippen MR) is 129 cm³/mol. The first-order chi connectivity index (χ1) is 14.8. The molecule has 6 nitrogen and oxygen atoms in total. The molecule has 166 valence electrons.